The van der Waals surface area contributed by atoms with E-state index in [9.17, 15) is 19.2 Å². The summed E-state index contributed by atoms with van der Waals surface area (Å²) in [6.45, 7) is 3.91. The third kappa shape index (κ3) is 5.97. The van der Waals surface area contributed by atoms with E-state index < -0.39 is 23.8 Å². The van der Waals surface area contributed by atoms with Crippen LogP contribution in [-0.2, 0) is 23.9 Å². The standard InChI is InChI=1S/C11H18N2O5/c1-7(5-10(16)12-8(2)14)13(9(3)15)6-11(17)18-4/h7H,5-6H2,1-4H3,(H,12,14,16)/t7-/m0/s1. The zero-order chi connectivity index (χ0) is 14.3. The highest BCUT2D eigenvalue weighted by Crippen LogP contribution is 2.05. The van der Waals surface area contributed by atoms with Crippen molar-refractivity contribution < 1.29 is 23.9 Å². The first-order valence-corrected chi connectivity index (χ1v) is 5.42. The Morgan fingerprint density at radius 1 is 1.22 bits per heavy atom. The molecule has 0 fully saturated rings. The van der Waals surface area contributed by atoms with Gasteiger partial charge in [-0.15, -0.1) is 0 Å². The van der Waals surface area contributed by atoms with Crippen LogP contribution in [0.25, 0.3) is 0 Å². The third-order valence-electron chi connectivity index (χ3n) is 2.26. The van der Waals surface area contributed by atoms with Crippen molar-refractivity contribution in [1.82, 2.24) is 10.2 Å². The minimum atomic E-state index is -0.566. The van der Waals surface area contributed by atoms with Crippen LogP contribution in [-0.4, -0.2) is 48.3 Å². The largest absolute Gasteiger partial charge is 0.468 e. The summed E-state index contributed by atoms with van der Waals surface area (Å²) >= 11 is 0. The number of ether oxygens (including phenoxy) is 1. The van der Waals surface area contributed by atoms with Crippen molar-refractivity contribution in [2.24, 2.45) is 0 Å². The lowest BCUT2D eigenvalue weighted by molar-refractivity contribution is -0.148. The smallest absolute Gasteiger partial charge is 0.325 e. The average Bonchev–Trinajstić information content (AvgIpc) is 2.23. The van der Waals surface area contributed by atoms with Crippen molar-refractivity contribution in [1.29, 1.82) is 0 Å². The molecule has 0 aliphatic heterocycles. The molecule has 1 atom stereocenters. The molecule has 7 nitrogen and oxygen atoms in total. The molecule has 0 heterocycles. The van der Waals surface area contributed by atoms with Crippen LogP contribution in [0.2, 0.25) is 0 Å². The van der Waals surface area contributed by atoms with E-state index in [1.807, 2.05) is 0 Å². The van der Waals surface area contributed by atoms with Crippen molar-refractivity contribution in [3.8, 4) is 0 Å². The fourth-order valence-electron chi connectivity index (χ4n) is 1.41. The number of carbonyl (C=O) groups is 4. The van der Waals surface area contributed by atoms with Crippen LogP contribution in [0.3, 0.4) is 0 Å². The van der Waals surface area contributed by atoms with Crippen LogP contribution in [0.15, 0.2) is 0 Å². The Morgan fingerprint density at radius 2 is 1.78 bits per heavy atom. The highest BCUT2D eigenvalue weighted by molar-refractivity contribution is 5.94. The van der Waals surface area contributed by atoms with Crippen molar-refractivity contribution in [3.05, 3.63) is 0 Å². The summed E-state index contributed by atoms with van der Waals surface area (Å²) in [6, 6.07) is -0.499. The van der Waals surface area contributed by atoms with Gasteiger partial charge in [-0.3, -0.25) is 24.5 Å². The normalized spacial score (nSPS) is 11.3. The van der Waals surface area contributed by atoms with Gasteiger partial charge in [0, 0.05) is 26.3 Å². The molecule has 0 aliphatic rings. The number of esters is 1. The fraction of sp³-hybridized carbons (Fsp3) is 0.636. The third-order valence-corrected chi connectivity index (χ3v) is 2.26. The van der Waals surface area contributed by atoms with Crippen LogP contribution in [0.4, 0.5) is 0 Å². The molecular formula is C11H18N2O5. The molecule has 0 spiro atoms. The zero-order valence-corrected chi connectivity index (χ0v) is 11.0. The van der Waals surface area contributed by atoms with E-state index in [2.05, 4.69) is 10.1 Å². The zero-order valence-electron chi connectivity index (χ0n) is 11.0. The number of nitrogens with zero attached hydrogens (tertiary/aromatic N) is 1. The molecule has 3 amide bonds. The lowest BCUT2D eigenvalue weighted by atomic mass is 10.2. The van der Waals surface area contributed by atoms with Gasteiger partial charge in [0.1, 0.15) is 6.54 Å². The highest BCUT2D eigenvalue weighted by Gasteiger charge is 2.22. The van der Waals surface area contributed by atoms with E-state index in [4.69, 9.17) is 0 Å². The maximum Gasteiger partial charge on any atom is 0.325 e. The van der Waals surface area contributed by atoms with Gasteiger partial charge in [0.25, 0.3) is 0 Å². The molecular weight excluding hydrogens is 240 g/mol. The van der Waals surface area contributed by atoms with Gasteiger partial charge in [-0.05, 0) is 6.92 Å². The van der Waals surface area contributed by atoms with Gasteiger partial charge in [0.15, 0.2) is 0 Å². The summed E-state index contributed by atoms with van der Waals surface area (Å²) < 4.78 is 4.46. The second-order valence-electron chi connectivity index (χ2n) is 3.88. The summed E-state index contributed by atoms with van der Waals surface area (Å²) in [4.78, 5) is 45.7. The molecule has 0 unspecified atom stereocenters. The van der Waals surface area contributed by atoms with E-state index >= 15 is 0 Å². The number of nitrogens with one attached hydrogen (secondary N) is 1. The predicted octanol–water partition coefficient (Wildman–Crippen LogP) is -0.551. The second-order valence-corrected chi connectivity index (χ2v) is 3.88. The highest BCUT2D eigenvalue weighted by atomic mass is 16.5. The molecule has 0 aliphatic carbocycles. The molecule has 0 bridgehead atoms. The summed E-state index contributed by atoms with van der Waals surface area (Å²) in [7, 11) is 1.22. The predicted molar refractivity (Wildman–Crippen MR) is 62.3 cm³/mol. The second kappa shape index (κ2) is 7.41. The van der Waals surface area contributed by atoms with Crippen LogP contribution >= 0.6 is 0 Å². The first-order chi connectivity index (χ1) is 8.27. The molecule has 102 valence electrons. The van der Waals surface area contributed by atoms with Crippen molar-refractivity contribution in [2.75, 3.05) is 13.7 Å². The molecule has 0 radical (unpaired) electrons. The Labute approximate surface area is 105 Å². The van der Waals surface area contributed by atoms with Crippen LogP contribution in [0.5, 0.6) is 0 Å². The first kappa shape index (κ1) is 16.1. The van der Waals surface area contributed by atoms with Crippen molar-refractivity contribution in [3.63, 3.8) is 0 Å². The molecule has 0 saturated heterocycles. The van der Waals surface area contributed by atoms with E-state index in [1.54, 1.807) is 6.92 Å². The van der Waals surface area contributed by atoms with E-state index in [0.717, 1.165) is 0 Å². The molecule has 0 aromatic rings. The molecule has 18 heavy (non-hydrogen) atoms. The van der Waals surface area contributed by atoms with Gasteiger partial charge < -0.3 is 9.64 Å². The first-order valence-electron chi connectivity index (χ1n) is 5.42. The number of hydrogen-bond acceptors (Lipinski definition) is 5. The van der Waals surface area contributed by atoms with Crippen LogP contribution in [0.1, 0.15) is 27.2 Å². The van der Waals surface area contributed by atoms with E-state index in [1.165, 1.54) is 25.9 Å². The molecule has 1 N–H and O–H groups in total. The van der Waals surface area contributed by atoms with Gasteiger partial charge in [-0.2, -0.15) is 0 Å². The van der Waals surface area contributed by atoms with Gasteiger partial charge in [-0.25, -0.2) is 0 Å². The summed E-state index contributed by atoms with van der Waals surface area (Å²) in [5.74, 6) is -1.87. The Bertz CT molecular complexity index is 353. The summed E-state index contributed by atoms with van der Waals surface area (Å²) in [6.07, 6.45) is -0.0594. The Balaban J connectivity index is 4.52. The quantitative estimate of drug-likeness (QED) is 0.668. The average molecular weight is 258 g/mol. The number of imide groups is 1. The van der Waals surface area contributed by atoms with Gasteiger partial charge in [-0.1, -0.05) is 0 Å². The Hall–Kier alpha value is -1.92. The topological polar surface area (TPSA) is 92.8 Å². The number of rotatable bonds is 5. The number of amides is 3. The molecule has 0 rings (SSSR count). The SMILES string of the molecule is COC(=O)CN(C(C)=O)[C@@H](C)CC(=O)NC(C)=O. The minimum Gasteiger partial charge on any atom is -0.468 e. The summed E-state index contributed by atoms with van der Waals surface area (Å²) in [5, 5.41) is 2.10. The maximum absolute atomic E-state index is 11.4. The van der Waals surface area contributed by atoms with Crippen LogP contribution in [0, 0.1) is 0 Å². The lowest BCUT2D eigenvalue weighted by Crippen LogP contribution is -2.44. The van der Waals surface area contributed by atoms with Gasteiger partial charge in [0.05, 0.1) is 7.11 Å². The van der Waals surface area contributed by atoms with Gasteiger partial charge in [0.2, 0.25) is 17.7 Å². The lowest BCUT2D eigenvalue weighted by Gasteiger charge is -2.26. The Kier molecular flexibility index (Phi) is 6.62. The van der Waals surface area contributed by atoms with E-state index in [-0.39, 0.29) is 18.9 Å². The fourth-order valence-corrected chi connectivity index (χ4v) is 1.41. The maximum atomic E-state index is 11.4. The molecule has 0 aromatic heterocycles. The van der Waals surface area contributed by atoms with Crippen molar-refractivity contribution in [2.45, 2.75) is 33.2 Å². The summed E-state index contributed by atoms with van der Waals surface area (Å²) in [5.41, 5.74) is 0. The van der Waals surface area contributed by atoms with Crippen molar-refractivity contribution >= 4 is 23.7 Å². The van der Waals surface area contributed by atoms with Gasteiger partial charge >= 0.3 is 5.97 Å². The number of carbonyl (C=O) groups excluding carboxylic acids is 4. The minimum absolute atomic E-state index is 0.0594. The monoisotopic (exact) mass is 258 g/mol. The molecule has 0 aromatic carbocycles. The van der Waals surface area contributed by atoms with E-state index in [0.29, 0.717) is 0 Å². The molecule has 7 heteroatoms. The number of hydrogen-bond donors (Lipinski definition) is 1. The Morgan fingerprint density at radius 3 is 2.17 bits per heavy atom. The molecule has 0 saturated carbocycles. The van der Waals surface area contributed by atoms with Crippen LogP contribution < -0.4 is 5.32 Å². The number of methoxy groups -OCH3 is 1.